The van der Waals surface area contributed by atoms with Crippen LogP contribution >= 0.6 is 0 Å². The molecular formula is C19H17N7O5. The van der Waals surface area contributed by atoms with Crippen LogP contribution in [0.15, 0.2) is 36.9 Å². The molecule has 4 rings (SSSR count). The Labute approximate surface area is 175 Å². The Balaban J connectivity index is 1.39. The predicted octanol–water partition coefficient (Wildman–Crippen LogP) is 0.695. The van der Waals surface area contributed by atoms with Crippen molar-refractivity contribution in [1.29, 1.82) is 0 Å². The first kappa shape index (κ1) is 19.9. The van der Waals surface area contributed by atoms with Gasteiger partial charge in [0.25, 0.3) is 5.91 Å². The Morgan fingerprint density at radius 2 is 1.90 bits per heavy atom. The van der Waals surface area contributed by atoms with E-state index in [0.717, 1.165) is 5.01 Å². The average Bonchev–Trinajstić information content (AvgIpc) is 3.25. The van der Waals surface area contributed by atoms with Crippen LogP contribution in [0.1, 0.15) is 30.1 Å². The normalized spacial score (nSPS) is 14.8. The molecule has 0 bridgehead atoms. The SMILES string of the molecule is CC(OC(=O)c1ccc(N2NC(=O)CCC2=O)cc1)C(=O)Nc1ncnc2nc[nH]c12. The lowest BCUT2D eigenvalue weighted by Crippen LogP contribution is -2.50. The molecule has 3 N–H and O–H groups in total. The molecule has 3 aromatic rings. The van der Waals surface area contributed by atoms with E-state index < -0.39 is 18.0 Å². The molecule has 1 fully saturated rings. The van der Waals surface area contributed by atoms with Crippen LogP contribution in [0.5, 0.6) is 0 Å². The second-order valence-electron chi connectivity index (χ2n) is 6.67. The van der Waals surface area contributed by atoms with E-state index in [2.05, 4.69) is 30.7 Å². The van der Waals surface area contributed by atoms with Gasteiger partial charge < -0.3 is 15.0 Å². The summed E-state index contributed by atoms with van der Waals surface area (Å²) < 4.78 is 5.22. The van der Waals surface area contributed by atoms with E-state index in [1.54, 1.807) is 0 Å². The van der Waals surface area contributed by atoms with Gasteiger partial charge in [-0.15, -0.1) is 0 Å². The quantitative estimate of drug-likeness (QED) is 0.506. The maximum atomic E-state index is 12.4. The zero-order valence-corrected chi connectivity index (χ0v) is 16.3. The Morgan fingerprint density at radius 3 is 2.68 bits per heavy atom. The van der Waals surface area contributed by atoms with Gasteiger partial charge >= 0.3 is 5.97 Å². The van der Waals surface area contributed by atoms with Gasteiger partial charge in [-0.2, -0.15) is 0 Å². The highest BCUT2D eigenvalue weighted by molar-refractivity contribution is 6.02. The second-order valence-corrected chi connectivity index (χ2v) is 6.67. The van der Waals surface area contributed by atoms with Crippen LogP contribution in [-0.4, -0.2) is 49.7 Å². The van der Waals surface area contributed by atoms with Crippen LogP contribution in [0.25, 0.3) is 11.2 Å². The average molecular weight is 423 g/mol. The van der Waals surface area contributed by atoms with Crippen molar-refractivity contribution < 1.29 is 23.9 Å². The van der Waals surface area contributed by atoms with E-state index in [1.807, 2.05) is 0 Å². The smallest absolute Gasteiger partial charge is 0.338 e. The number of aromatic nitrogens is 4. The van der Waals surface area contributed by atoms with Crippen molar-refractivity contribution >= 4 is 46.4 Å². The number of carbonyl (C=O) groups excluding carboxylic acids is 4. The van der Waals surface area contributed by atoms with E-state index in [9.17, 15) is 19.2 Å². The Bertz CT molecular complexity index is 1170. The third kappa shape index (κ3) is 4.17. The number of hydrogen-bond donors (Lipinski definition) is 3. The highest BCUT2D eigenvalue weighted by atomic mass is 16.5. The Hall–Kier alpha value is -4.35. The van der Waals surface area contributed by atoms with E-state index in [4.69, 9.17) is 4.74 Å². The fraction of sp³-hybridized carbons (Fsp3) is 0.211. The lowest BCUT2D eigenvalue weighted by Gasteiger charge is -2.27. The van der Waals surface area contributed by atoms with Gasteiger partial charge in [-0.1, -0.05) is 0 Å². The molecule has 3 heterocycles. The number of rotatable bonds is 5. The van der Waals surface area contributed by atoms with Gasteiger partial charge in [-0.3, -0.25) is 19.8 Å². The van der Waals surface area contributed by atoms with Crippen molar-refractivity contribution in [3.63, 3.8) is 0 Å². The van der Waals surface area contributed by atoms with Crippen molar-refractivity contribution in [2.24, 2.45) is 0 Å². The standard InChI is InChI=1S/C19H17N7O5/c1-10(18(29)24-17-15-16(21-8-20-15)22-9-23-17)31-19(30)11-2-4-12(5-3-11)26-14(28)7-6-13(27)25-26/h2-5,8-10H,6-7H2,1H3,(H,25,27)(H2,20,21,22,23,24,29). The number of nitrogens with zero attached hydrogens (tertiary/aromatic N) is 4. The fourth-order valence-corrected chi connectivity index (χ4v) is 2.89. The maximum Gasteiger partial charge on any atom is 0.338 e. The van der Waals surface area contributed by atoms with Crippen LogP contribution in [0, 0.1) is 0 Å². The number of hydrazine groups is 1. The first-order chi connectivity index (χ1) is 14.9. The number of aromatic amines is 1. The maximum absolute atomic E-state index is 12.4. The monoisotopic (exact) mass is 423 g/mol. The minimum Gasteiger partial charge on any atom is -0.449 e. The molecule has 1 aromatic carbocycles. The highest BCUT2D eigenvalue weighted by Gasteiger charge is 2.25. The molecule has 12 nitrogen and oxygen atoms in total. The molecule has 0 radical (unpaired) electrons. The van der Waals surface area contributed by atoms with Gasteiger partial charge in [0.1, 0.15) is 11.8 Å². The number of imidazole rings is 1. The number of fused-ring (bicyclic) bond motifs is 1. The van der Waals surface area contributed by atoms with Gasteiger partial charge in [0.05, 0.1) is 17.6 Å². The van der Waals surface area contributed by atoms with E-state index in [1.165, 1.54) is 43.8 Å². The number of H-pyrrole nitrogens is 1. The molecule has 1 unspecified atom stereocenters. The third-order valence-electron chi connectivity index (χ3n) is 4.53. The number of esters is 1. The van der Waals surface area contributed by atoms with Crippen molar-refractivity contribution in [2.45, 2.75) is 25.9 Å². The van der Waals surface area contributed by atoms with Gasteiger partial charge in [0, 0.05) is 12.8 Å². The van der Waals surface area contributed by atoms with Gasteiger partial charge in [-0.05, 0) is 31.2 Å². The highest BCUT2D eigenvalue weighted by Crippen LogP contribution is 2.19. The summed E-state index contributed by atoms with van der Waals surface area (Å²) in [7, 11) is 0. The van der Waals surface area contributed by atoms with Gasteiger partial charge in [0.2, 0.25) is 11.8 Å². The summed E-state index contributed by atoms with van der Waals surface area (Å²) in [5.41, 5.74) is 3.89. The summed E-state index contributed by atoms with van der Waals surface area (Å²) in [4.78, 5) is 63.0. The van der Waals surface area contributed by atoms with E-state index >= 15 is 0 Å². The molecular weight excluding hydrogens is 406 g/mol. The summed E-state index contributed by atoms with van der Waals surface area (Å²) in [6.45, 7) is 1.43. The predicted molar refractivity (Wildman–Crippen MR) is 106 cm³/mol. The molecule has 1 atom stereocenters. The van der Waals surface area contributed by atoms with Gasteiger partial charge in [-0.25, -0.2) is 24.8 Å². The number of anilines is 2. The lowest BCUT2D eigenvalue weighted by atomic mass is 10.1. The molecule has 0 aliphatic carbocycles. The minimum absolute atomic E-state index is 0.111. The van der Waals surface area contributed by atoms with Crippen molar-refractivity contribution in [3.05, 3.63) is 42.5 Å². The summed E-state index contributed by atoms with van der Waals surface area (Å²) in [5.74, 6) is -1.61. The fourth-order valence-electron chi connectivity index (χ4n) is 2.89. The molecule has 2 aromatic heterocycles. The van der Waals surface area contributed by atoms with Crippen molar-refractivity contribution in [2.75, 3.05) is 10.3 Å². The van der Waals surface area contributed by atoms with Gasteiger partial charge in [0.15, 0.2) is 17.6 Å². The first-order valence-electron chi connectivity index (χ1n) is 9.31. The van der Waals surface area contributed by atoms with E-state index in [0.29, 0.717) is 16.9 Å². The summed E-state index contributed by atoms with van der Waals surface area (Å²) in [6, 6.07) is 5.88. The molecule has 3 amide bonds. The molecule has 0 saturated carbocycles. The number of amides is 3. The third-order valence-corrected chi connectivity index (χ3v) is 4.53. The topological polar surface area (TPSA) is 159 Å². The molecule has 1 saturated heterocycles. The number of nitrogens with one attached hydrogen (secondary N) is 3. The molecule has 1 aliphatic heterocycles. The number of carbonyl (C=O) groups is 4. The summed E-state index contributed by atoms with van der Waals surface area (Å²) >= 11 is 0. The van der Waals surface area contributed by atoms with Crippen LogP contribution in [0.2, 0.25) is 0 Å². The van der Waals surface area contributed by atoms with Crippen molar-refractivity contribution in [3.8, 4) is 0 Å². The van der Waals surface area contributed by atoms with E-state index in [-0.39, 0.29) is 36.0 Å². The second kappa shape index (κ2) is 8.18. The zero-order chi connectivity index (χ0) is 22.0. The summed E-state index contributed by atoms with van der Waals surface area (Å²) in [5, 5.41) is 3.70. The number of hydrogen-bond acceptors (Lipinski definition) is 8. The molecule has 158 valence electrons. The minimum atomic E-state index is -1.11. The number of ether oxygens (including phenoxy) is 1. The number of benzene rings is 1. The lowest BCUT2D eigenvalue weighted by molar-refractivity contribution is -0.130. The summed E-state index contributed by atoms with van der Waals surface area (Å²) in [6.07, 6.45) is 1.82. The zero-order valence-electron chi connectivity index (χ0n) is 16.3. The largest absolute Gasteiger partial charge is 0.449 e. The van der Waals surface area contributed by atoms with Crippen molar-refractivity contribution in [1.82, 2.24) is 25.4 Å². The first-order valence-corrected chi connectivity index (χ1v) is 9.31. The molecule has 0 spiro atoms. The Kier molecular flexibility index (Phi) is 5.26. The Morgan fingerprint density at radius 1 is 1.13 bits per heavy atom. The molecule has 31 heavy (non-hydrogen) atoms. The van der Waals surface area contributed by atoms with Crippen LogP contribution < -0.4 is 15.8 Å². The van der Waals surface area contributed by atoms with Crippen LogP contribution in [-0.2, 0) is 19.1 Å². The molecule has 12 heteroatoms. The van der Waals surface area contributed by atoms with Crippen LogP contribution in [0.3, 0.4) is 0 Å². The molecule has 1 aliphatic rings. The van der Waals surface area contributed by atoms with Crippen LogP contribution in [0.4, 0.5) is 11.5 Å².